The van der Waals surface area contributed by atoms with Gasteiger partial charge in [-0.1, -0.05) is 20.8 Å². The molecule has 0 fully saturated rings. The maximum Gasteiger partial charge on any atom is 0.0465 e. The van der Waals surface area contributed by atoms with Gasteiger partial charge in [0.05, 0.1) is 0 Å². The van der Waals surface area contributed by atoms with E-state index in [1.54, 1.807) is 0 Å². The van der Waals surface area contributed by atoms with Crippen molar-refractivity contribution >= 4 is 47.8 Å². The van der Waals surface area contributed by atoms with Gasteiger partial charge >= 0.3 is 0 Å². The Labute approximate surface area is 117 Å². The number of rotatable bonds is 3. The summed E-state index contributed by atoms with van der Waals surface area (Å²) in [6.07, 6.45) is 3.24. The van der Waals surface area contributed by atoms with Crippen LogP contribution in [0.4, 0.5) is 0 Å². The van der Waals surface area contributed by atoms with Gasteiger partial charge in [0.15, 0.2) is 0 Å². The van der Waals surface area contributed by atoms with Gasteiger partial charge in [0.1, 0.15) is 0 Å². The van der Waals surface area contributed by atoms with E-state index in [1.807, 2.05) is 0 Å². The summed E-state index contributed by atoms with van der Waals surface area (Å²) in [5.74, 6) is 0. The molecule has 0 atom stereocenters. The molecule has 0 nitrogen and oxygen atoms in total. The molecular weight excluding hydrogens is 384 g/mol. The average Bonchev–Trinajstić information content (AvgIpc) is 2.25. The summed E-state index contributed by atoms with van der Waals surface area (Å²) in [5.41, 5.74) is 4.36. The topological polar surface area (TPSA) is 0 Å². The van der Waals surface area contributed by atoms with Crippen LogP contribution in [0.5, 0.6) is 0 Å². The molecule has 0 heterocycles. The van der Waals surface area contributed by atoms with Crippen LogP contribution in [0.25, 0.3) is 0 Å². The van der Waals surface area contributed by atoms with Crippen LogP contribution in [0.1, 0.15) is 37.5 Å². The number of hydrogen-bond acceptors (Lipinski definition) is 0. The second kappa shape index (κ2) is 5.83. The van der Waals surface area contributed by atoms with E-state index in [1.165, 1.54) is 25.6 Å². The van der Waals surface area contributed by atoms with Gasteiger partial charge in [-0.3, -0.25) is 0 Å². The molecule has 0 saturated heterocycles. The third kappa shape index (κ3) is 2.50. The SMILES string of the molecule is CCc1c(Br)c(Br)c(Br)c(CC)c1CC. The molecule has 0 spiro atoms. The van der Waals surface area contributed by atoms with E-state index in [4.69, 9.17) is 0 Å². The first-order valence-corrected chi connectivity index (χ1v) is 7.63. The molecule has 0 unspecified atom stereocenters. The zero-order valence-corrected chi connectivity index (χ0v) is 14.0. The Morgan fingerprint density at radius 2 is 0.933 bits per heavy atom. The van der Waals surface area contributed by atoms with Crippen molar-refractivity contribution in [1.82, 2.24) is 0 Å². The van der Waals surface area contributed by atoms with E-state index in [0.29, 0.717) is 0 Å². The Balaban J connectivity index is 3.59. The molecule has 0 amide bonds. The fourth-order valence-electron chi connectivity index (χ4n) is 1.97. The van der Waals surface area contributed by atoms with Gasteiger partial charge in [-0.25, -0.2) is 0 Å². The quantitative estimate of drug-likeness (QED) is 0.576. The summed E-state index contributed by atoms with van der Waals surface area (Å²) < 4.78 is 3.55. The van der Waals surface area contributed by atoms with E-state index in [-0.39, 0.29) is 0 Å². The molecule has 0 N–H and O–H groups in total. The minimum Gasteiger partial charge on any atom is -0.0613 e. The molecular formula is C12H15Br3. The molecule has 0 saturated carbocycles. The Bertz CT molecular complexity index is 339. The van der Waals surface area contributed by atoms with Gasteiger partial charge in [-0.05, 0) is 83.7 Å². The second-order valence-electron chi connectivity index (χ2n) is 3.44. The average molecular weight is 399 g/mol. The normalized spacial score (nSPS) is 10.8. The number of hydrogen-bond donors (Lipinski definition) is 0. The van der Waals surface area contributed by atoms with Crippen LogP contribution in [0.3, 0.4) is 0 Å². The van der Waals surface area contributed by atoms with Crippen molar-refractivity contribution in [2.45, 2.75) is 40.0 Å². The Morgan fingerprint density at radius 1 is 0.600 bits per heavy atom. The lowest BCUT2D eigenvalue weighted by Gasteiger charge is -2.17. The van der Waals surface area contributed by atoms with Crippen molar-refractivity contribution in [3.63, 3.8) is 0 Å². The number of benzene rings is 1. The Morgan fingerprint density at radius 3 is 1.20 bits per heavy atom. The first-order chi connectivity index (χ1) is 7.08. The minimum absolute atomic E-state index is 1.07. The lowest BCUT2D eigenvalue weighted by molar-refractivity contribution is 0.963. The molecule has 1 rings (SSSR count). The predicted octanol–water partition coefficient (Wildman–Crippen LogP) is 5.66. The summed E-state index contributed by atoms with van der Waals surface area (Å²) >= 11 is 11.0. The van der Waals surface area contributed by atoms with Gasteiger partial charge in [0.25, 0.3) is 0 Å². The van der Waals surface area contributed by atoms with Crippen molar-refractivity contribution in [2.75, 3.05) is 0 Å². The van der Waals surface area contributed by atoms with Crippen molar-refractivity contribution < 1.29 is 0 Å². The van der Waals surface area contributed by atoms with Gasteiger partial charge in [-0.2, -0.15) is 0 Å². The van der Waals surface area contributed by atoms with Gasteiger partial charge in [0.2, 0.25) is 0 Å². The molecule has 15 heavy (non-hydrogen) atoms. The summed E-state index contributed by atoms with van der Waals surface area (Å²) in [6.45, 7) is 6.64. The van der Waals surface area contributed by atoms with Crippen molar-refractivity contribution in [3.8, 4) is 0 Å². The molecule has 0 radical (unpaired) electrons. The third-order valence-corrected chi connectivity index (χ3v) is 6.31. The Hall–Kier alpha value is 0.660. The van der Waals surface area contributed by atoms with Crippen molar-refractivity contribution in [3.05, 3.63) is 30.1 Å². The maximum atomic E-state index is 3.67. The van der Waals surface area contributed by atoms with Crippen LogP contribution in [-0.4, -0.2) is 0 Å². The fraction of sp³-hybridized carbons (Fsp3) is 0.500. The highest BCUT2D eigenvalue weighted by Crippen LogP contribution is 2.40. The molecule has 3 heteroatoms. The zero-order chi connectivity index (χ0) is 11.6. The first kappa shape index (κ1) is 13.7. The number of halogens is 3. The monoisotopic (exact) mass is 396 g/mol. The van der Waals surface area contributed by atoms with Crippen LogP contribution in [0.2, 0.25) is 0 Å². The smallest absolute Gasteiger partial charge is 0.0465 e. The lowest BCUT2D eigenvalue weighted by atomic mass is 9.96. The standard InChI is InChI=1S/C12H15Br3/c1-4-7-8(5-2)10(13)12(15)11(14)9(7)6-3/h4-6H2,1-3H3. The lowest BCUT2D eigenvalue weighted by Crippen LogP contribution is -2.01. The van der Waals surface area contributed by atoms with Gasteiger partial charge < -0.3 is 0 Å². The summed E-state index contributed by atoms with van der Waals surface area (Å²) in [4.78, 5) is 0. The summed E-state index contributed by atoms with van der Waals surface area (Å²) in [7, 11) is 0. The molecule has 84 valence electrons. The van der Waals surface area contributed by atoms with Crippen LogP contribution in [0, 0.1) is 0 Å². The largest absolute Gasteiger partial charge is 0.0613 e. The highest BCUT2D eigenvalue weighted by Gasteiger charge is 2.16. The molecule has 0 aliphatic rings. The summed E-state index contributed by atoms with van der Waals surface area (Å²) in [6, 6.07) is 0. The summed E-state index contributed by atoms with van der Waals surface area (Å²) in [5, 5.41) is 0. The van der Waals surface area contributed by atoms with Crippen LogP contribution >= 0.6 is 47.8 Å². The van der Waals surface area contributed by atoms with E-state index in [0.717, 1.165) is 23.7 Å². The zero-order valence-electron chi connectivity index (χ0n) is 9.26. The molecule has 1 aromatic carbocycles. The van der Waals surface area contributed by atoms with E-state index in [2.05, 4.69) is 68.6 Å². The van der Waals surface area contributed by atoms with E-state index in [9.17, 15) is 0 Å². The Kier molecular flexibility index (Phi) is 5.33. The molecule has 0 aliphatic heterocycles. The van der Waals surface area contributed by atoms with Crippen LogP contribution in [0.15, 0.2) is 13.4 Å². The van der Waals surface area contributed by atoms with Crippen LogP contribution < -0.4 is 0 Å². The van der Waals surface area contributed by atoms with Gasteiger partial charge in [-0.15, -0.1) is 0 Å². The van der Waals surface area contributed by atoms with Crippen molar-refractivity contribution in [2.24, 2.45) is 0 Å². The highest BCUT2D eigenvalue weighted by atomic mass is 79.9. The van der Waals surface area contributed by atoms with E-state index >= 15 is 0 Å². The molecule has 1 aromatic rings. The van der Waals surface area contributed by atoms with Gasteiger partial charge in [0, 0.05) is 13.4 Å². The maximum absolute atomic E-state index is 3.67. The predicted molar refractivity (Wildman–Crippen MR) is 77.7 cm³/mol. The minimum atomic E-state index is 1.07. The first-order valence-electron chi connectivity index (χ1n) is 5.25. The molecule has 0 aliphatic carbocycles. The second-order valence-corrected chi connectivity index (χ2v) is 5.82. The third-order valence-electron chi connectivity index (χ3n) is 2.70. The molecule has 0 bridgehead atoms. The van der Waals surface area contributed by atoms with Crippen LogP contribution in [-0.2, 0) is 19.3 Å². The fourth-order valence-corrected chi connectivity index (χ4v) is 4.15. The molecule has 0 aromatic heterocycles. The highest BCUT2D eigenvalue weighted by molar-refractivity contribution is 9.14. The van der Waals surface area contributed by atoms with E-state index < -0.39 is 0 Å². The van der Waals surface area contributed by atoms with Crippen molar-refractivity contribution in [1.29, 1.82) is 0 Å².